The summed E-state index contributed by atoms with van der Waals surface area (Å²) in [5.74, 6) is -0.633. The van der Waals surface area contributed by atoms with E-state index in [4.69, 9.17) is 11.6 Å². The van der Waals surface area contributed by atoms with E-state index < -0.39 is 16.4 Å². The summed E-state index contributed by atoms with van der Waals surface area (Å²) >= 11 is 5.90. The molecule has 1 aliphatic carbocycles. The summed E-state index contributed by atoms with van der Waals surface area (Å²) in [6, 6.07) is 4.08. The zero-order valence-electron chi connectivity index (χ0n) is 11.5. The van der Waals surface area contributed by atoms with Gasteiger partial charge in [-0.25, -0.2) is 0 Å². The number of nitro benzene ring substituents is 1. The third-order valence-electron chi connectivity index (χ3n) is 3.78. The molecule has 0 aromatic heterocycles. The SMILES string of the molecule is O=C(NCC1(O)CCCCC1)c1c(Cl)cccc1[N+](=O)[O-]. The third-order valence-corrected chi connectivity index (χ3v) is 4.09. The van der Waals surface area contributed by atoms with Crippen LogP contribution in [-0.4, -0.2) is 28.1 Å². The van der Waals surface area contributed by atoms with E-state index in [0.717, 1.165) is 19.3 Å². The van der Waals surface area contributed by atoms with E-state index in [2.05, 4.69) is 5.32 Å². The maximum Gasteiger partial charge on any atom is 0.283 e. The minimum absolute atomic E-state index is 0.0253. The molecule has 21 heavy (non-hydrogen) atoms. The molecule has 0 saturated heterocycles. The monoisotopic (exact) mass is 312 g/mol. The number of benzene rings is 1. The zero-order chi connectivity index (χ0) is 15.5. The van der Waals surface area contributed by atoms with Crippen LogP contribution in [0.25, 0.3) is 0 Å². The van der Waals surface area contributed by atoms with Gasteiger partial charge in [-0.15, -0.1) is 0 Å². The van der Waals surface area contributed by atoms with Crippen LogP contribution in [0.15, 0.2) is 18.2 Å². The van der Waals surface area contributed by atoms with E-state index in [-0.39, 0.29) is 22.8 Å². The van der Waals surface area contributed by atoms with Gasteiger partial charge in [-0.3, -0.25) is 14.9 Å². The number of carbonyl (C=O) groups excluding carboxylic acids is 1. The summed E-state index contributed by atoms with van der Waals surface area (Å²) in [6.45, 7) is 0.0776. The van der Waals surface area contributed by atoms with Crippen LogP contribution in [0, 0.1) is 10.1 Å². The summed E-state index contributed by atoms with van der Waals surface area (Å²) in [4.78, 5) is 22.5. The van der Waals surface area contributed by atoms with Gasteiger partial charge in [0, 0.05) is 12.6 Å². The number of nitro groups is 1. The molecule has 2 rings (SSSR count). The van der Waals surface area contributed by atoms with Crippen LogP contribution in [0.3, 0.4) is 0 Å². The second-order valence-corrected chi connectivity index (χ2v) is 5.77. The Bertz CT molecular complexity index is 556. The van der Waals surface area contributed by atoms with Gasteiger partial charge in [0.05, 0.1) is 15.5 Å². The molecule has 1 aliphatic rings. The van der Waals surface area contributed by atoms with Crippen LogP contribution in [0.1, 0.15) is 42.5 Å². The van der Waals surface area contributed by atoms with Crippen LogP contribution >= 0.6 is 11.6 Å². The molecule has 1 amide bonds. The van der Waals surface area contributed by atoms with Crippen molar-refractivity contribution in [3.8, 4) is 0 Å². The van der Waals surface area contributed by atoms with E-state index in [1.165, 1.54) is 18.2 Å². The molecule has 0 aliphatic heterocycles. The van der Waals surface area contributed by atoms with Crippen molar-refractivity contribution in [2.24, 2.45) is 0 Å². The van der Waals surface area contributed by atoms with Crippen molar-refractivity contribution in [2.75, 3.05) is 6.54 Å². The van der Waals surface area contributed by atoms with Gasteiger partial charge >= 0.3 is 0 Å². The fourth-order valence-electron chi connectivity index (χ4n) is 2.61. The van der Waals surface area contributed by atoms with Crippen LogP contribution < -0.4 is 5.32 Å². The van der Waals surface area contributed by atoms with E-state index in [9.17, 15) is 20.0 Å². The normalized spacial score (nSPS) is 17.2. The Kier molecular flexibility index (Phi) is 4.80. The minimum atomic E-state index is -0.927. The third kappa shape index (κ3) is 3.71. The highest BCUT2D eigenvalue weighted by molar-refractivity contribution is 6.34. The number of rotatable bonds is 4. The standard InChI is InChI=1S/C14H17ClN2O4/c15-10-5-4-6-11(17(20)21)12(10)13(18)16-9-14(19)7-2-1-3-8-14/h4-6,19H,1-3,7-9H2,(H,16,18). The predicted octanol–water partition coefficient (Wildman–Crippen LogP) is 2.67. The van der Waals surface area contributed by atoms with E-state index in [1.54, 1.807) is 0 Å². The lowest BCUT2D eigenvalue weighted by Crippen LogP contribution is -2.44. The summed E-state index contributed by atoms with van der Waals surface area (Å²) in [6.07, 6.45) is 4.15. The van der Waals surface area contributed by atoms with E-state index in [0.29, 0.717) is 12.8 Å². The number of nitrogens with one attached hydrogen (secondary N) is 1. The van der Waals surface area contributed by atoms with Gasteiger partial charge in [0.1, 0.15) is 5.56 Å². The lowest BCUT2D eigenvalue weighted by Gasteiger charge is -2.32. The van der Waals surface area contributed by atoms with Gasteiger partial charge in [0.25, 0.3) is 11.6 Å². The molecular weight excluding hydrogens is 296 g/mol. The molecule has 1 aromatic carbocycles. The highest BCUT2D eigenvalue weighted by atomic mass is 35.5. The van der Waals surface area contributed by atoms with Crippen LogP contribution in [0.4, 0.5) is 5.69 Å². The van der Waals surface area contributed by atoms with Crippen molar-refractivity contribution in [1.29, 1.82) is 0 Å². The van der Waals surface area contributed by atoms with Gasteiger partial charge in [0.2, 0.25) is 0 Å². The molecule has 114 valence electrons. The molecule has 1 aromatic rings. The molecule has 2 N–H and O–H groups in total. The topological polar surface area (TPSA) is 92.5 Å². The zero-order valence-corrected chi connectivity index (χ0v) is 12.2. The Morgan fingerprint density at radius 3 is 2.67 bits per heavy atom. The number of halogens is 1. The predicted molar refractivity (Wildman–Crippen MR) is 78.5 cm³/mol. The molecule has 1 fully saturated rings. The van der Waals surface area contributed by atoms with Gasteiger partial charge < -0.3 is 10.4 Å². The van der Waals surface area contributed by atoms with Crippen LogP contribution in [0.5, 0.6) is 0 Å². The molecule has 7 heteroatoms. The van der Waals surface area contributed by atoms with Gasteiger partial charge in [-0.1, -0.05) is 36.9 Å². The summed E-state index contributed by atoms with van der Waals surface area (Å²) < 4.78 is 0. The molecule has 0 atom stereocenters. The Morgan fingerprint density at radius 1 is 1.38 bits per heavy atom. The van der Waals surface area contributed by atoms with Crippen molar-refractivity contribution < 1.29 is 14.8 Å². The number of amides is 1. The van der Waals surface area contributed by atoms with Crippen molar-refractivity contribution >= 4 is 23.2 Å². The molecule has 1 saturated carbocycles. The fraction of sp³-hybridized carbons (Fsp3) is 0.500. The smallest absolute Gasteiger partial charge is 0.283 e. The summed E-state index contributed by atoms with van der Waals surface area (Å²) in [5.41, 5.74) is -1.43. The van der Waals surface area contributed by atoms with Crippen molar-refractivity contribution in [3.05, 3.63) is 38.9 Å². The number of carbonyl (C=O) groups is 1. The van der Waals surface area contributed by atoms with Gasteiger partial charge in [-0.05, 0) is 18.9 Å². The number of hydrogen-bond donors (Lipinski definition) is 2. The average Bonchev–Trinajstić information content (AvgIpc) is 2.45. The van der Waals surface area contributed by atoms with Crippen molar-refractivity contribution in [3.63, 3.8) is 0 Å². The second kappa shape index (κ2) is 6.41. The molecule has 0 unspecified atom stereocenters. The lowest BCUT2D eigenvalue weighted by molar-refractivity contribution is -0.385. The average molecular weight is 313 g/mol. The molecule has 0 spiro atoms. The first-order valence-corrected chi connectivity index (χ1v) is 7.24. The van der Waals surface area contributed by atoms with Crippen LogP contribution in [0.2, 0.25) is 5.02 Å². The van der Waals surface area contributed by atoms with E-state index >= 15 is 0 Å². The van der Waals surface area contributed by atoms with E-state index in [1.807, 2.05) is 0 Å². The minimum Gasteiger partial charge on any atom is -0.388 e. The fourth-order valence-corrected chi connectivity index (χ4v) is 2.86. The molecule has 0 bridgehead atoms. The Hall–Kier alpha value is -1.66. The summed E-state index contributed by atoms with van der Waals surface area (Å²) in [5, 5.41) is 23.9. The quantitative estimate of drug-likeness (QED) is 0.660. The van der Waals surface area contributed by atoms with Gasteiger partial charge in [-0.2, -0.15) is 0 Å². The number of aliphatic hydroxyl groups is 1. The first kappa shape index (κ1) is 15.7. The van der Waals surface area contributed by atoms with Crippen LogP contribution in [-0.2, 0) is 0 Å². The second-order valence-electron chi connectivity index (χ2n) is 5.36. The molecule has 0 heterocycles. The van der Waals surface area contributed by atoms with Crippen molar-refractivity contribution in [1.82, 2.24) is 5.32 Å². The summed E-state index contributed by atoms with van der Waals surface area (Å²) in [7, 11) is 0. The maximum atomic E-state index is 12.2. The number of hydrogen-bond acceptors (Lipinski definition) is 4. The Labute approximate surface area is 127 Å². The molecular formula is C14H17ClN2O4. The number of nitrogens with zero attached hydrogens (tertiary/aromatic N) is 1. The Morgan fingerprint density at radius 2 is 2.05 bits per heavy atom. The molecule has 6 nitrogen and oxygen atoms in total. The lowest BCUT2D eigenvalue weighted by atomic mass is 9.85. The molecule has 0 radical (unpaired) electrons. The first-order valence-electron chi connectivity index (χ1n) is 6.86. The van der Waals surface area contributed by atoms with Gasteiger partial charge in [0.15, 0.2) is 0 Å². The largest absolute Gasteiger partial charge is 0.388 e. The Balaban J connectivity index is 2.12. The highest BCUT2D eigenvalue weighted by Gasteiger charge is 2.31. The maximum absolute atomic E-state index is 12.2. The first-order chi connectivity index (χ1) is 9.93. The highest BCUT2D eigenvalue weighted by Crippen LogP contribution is 2.29. The van der Waals surface area contributed by atoms with Crippen molar-refractivity contribution in [2.45, 2.75) is 37.7 Å².